The second-order valence-corrected chi connectivity index (χ2v) is 7.98. The van der Waals surface area contributed by atoms with E-state index in [0.29, 0.717) is 11.6 Å². The van der Waals surface area contributed by atoms with Crippen molar-refractivity contribution in [3.05, 3.63) is 83.7 Å². The normalized spacial score (nSPS) is 16.8. The highest BCUT2D eigenvalue weighted by Crippen LogP contribution is 2.20. The Kier molecular flexibility index (Phi) is 5.76. The Bertz CT molecular complexity index is 952. The molecule has 1 aliphatic rings. The van der Waals surface area contributed by atoms with Crippen LogP contribution in [0, 0.1) is 12.8 Å². The molecule has 1 amide bonds. The van der Waals surface area contributed by atoms with Crippen molar-refractivity contribution in [2.45, 2.75) is 19.9 Å². The average molecular weight is 389 g/mol. The molecule has 5 nitrogen and oxygen atoms in total. The van der Waals surface area contributed by atoms with Crippen molar-refractivity contribution >= 4 is 5.91 Å². The van der Waals surface area contributed by atoms with Gasteiger partial charge in [-0.05, 0) is 49.6 Å². The number of aryl methyl sites for hydroxylation is 1. The molecule has 5 heteroatoms. The van der Waals surface area contributed by atoms with E-state index < -0.39 is 0 Å². The number of likely N-dealkylation sites (tertiary alicyclic amines) is 1. The van der Waals surface area contributed by atoms with Crippen LogP contribution < -0.4 is 0 Å². The fourth-order valence-corrected chi connectivity index (χ4v) is 4.12. The van der Waals surface area contributed by atoms with Crippen LogP contribution in [0.2, 0.25) is 0 Å². The van der Waals surface area contributed by atoms with Gasteiger partial charge in [0, 0.05) is 32.4 Å². The van der Waals surface area contributed by atoms with Crippen molar-refractivity contribution in [1.82, 2.24) is 19.6 Å². The van der Waals surface area contributed by atoms with E-state index in [2.05, 4.69) is 40.3 Å². The minimum absolute atomic E-state index is 0.00992. The van der Waals surface area contributed by atoms with Gasteiger partial charge in [-0.3, -0.25) is 9.69 Å². The highest BCUT2D eigenvalue weighted by molar-refractivity contribution is 5.92. The predicted octanol–water partition coefficient (Wildman–Crippen LogP) is 3.77. The van der Waals surface area contributed by atoms with Crippen LogP contribution in [0.3, 0.4) is 0 Å². The van der Waals surface area contributed by atoms with Gasteiger partial charge < -0.3 is 4.90 Å². The standard InChI is InChI=1S/C24H28N4O/c1-19-15-23(25-28(19)22-11-7-4-8-12-22)24(29)26(2)16-21-13-14-27(18-21)17-20-9-5-3-6-10-20/h3-12,15,21H,13-14,16-18H2,1-2H3. The van der Waals surface area contributed by atoms with E-state index in [0.717, 1.165) is 44.0 Å². The van der Waals surface area contributed by atoms with E-state index in [1.807, 2.05) is 60.0 Å². The summed E-state index contributed by atoms with van der Waals surface area (Å²) < 4.78 is 1.83. The molecule has 1 aliphatic heterocycles. The Morgan fingerprint density at radius 1 is 1.10 bits per heavy atom. The summed E-state index contributed by atoms with van der Waals surface area (Å²) in [6, 6.07) is 22.4. The Balaban J connectivity index is 1.35. The molecule has 0 radical (unpaired) electrons. The largest absolute Gasteiger partial charge is 0.340 e. The maximum absolute atomic E-state index is 12.9. The molecule has 2 aromatic carbocycles. The minimum Gasteiger partial charge on any atom is -0.340 e. The number of benzene rings is 2. The molecule has 1 aromatic heterocycles. The maximum atomic E-state index is 12.9. The van der Waals surface area contributed by atoms with Crippen LogP contribution in [0.1, 0.15) is 28.2 Å². The molecular weight excluding hydrogens is 360 g/mol. The third-order valence-electron chi connectivity index (χ3n) is 5.61. The van der Waals surface area contributed by atoms with Gasteiger partial charge in [0.15, 0.2) is 5.69 Å². The van der Waals surface area contributed by atoms with Gasteiger partial charge in [-0.15, -0.1) is 0 Å². The molecule has 1 saturated heterocycles. The first-order valence-electron chi connectivity index (χ1n) is 10.2. The third kappa shape index (κ3) is 4.57. The van der Waals surface area contributed by atoms with Crippen LogP contribution in [0.15, 0.2) is 66.7 Å². The van der Waals surface area contributed by atoms with Crippen molar-refractivity contribution in [2.75, 3.05) is 26.7 Å². The molecule has 1 atom stereocenters. The van der Waals surface area contributed by atoms with Crippen LogP contribution in [0.25, 0.3) is 5.69 Å². The van der Waals surface area contributed by atoms with Gasteiger partial charge in [0.05, 0.1) is 5.69 Å². The van der Waals surface area contributed by atoms with Crippen molar-refractivity contribution in [2.24, 2.45) is 5.92 Å². The first kappa shape index (κ1) is 19.4. The number of carbonyl (C=O) groups is 1. The molecule has 29 heavy (non-hydrogen) atoms. The monoisotopic (exact) mass is 388 g/mol. The fourth-order valence-electron chi connectivity index (χ4n) is 4.12. The molecule has 4 rings (SSSR count). The van der Waals surface area contributed by atoms with Gasteiger partial charge in [-0.2, -0.15) is 5.10 Å². The van der Waals surface area contributed by atoms with E-state index in [1.54, 1.807) is 0 Å². The lowest BCUT2D eigenvalue weighted by molar-refractivity contribution is 0.0767. The zero-order valence-electron chi connectivity index (χ0n) is 17.2. The first-order valence-corrected chi connectivity index (χ1v) is 10.2. The van der Waals surface area contributed by atoms with Gasteiger partial charge >= 0.3 is 0 Å². The van der Waals surface area contributed by atoms with Crippen molar-refractivity contribution in [3.8, 4) is 5.69 Å². The SMILES string of the molecule is Cc1cc(C(=O)N(C)CC2CCN(Cc3ccccc3)C2)nn1-c1ccccc1. The minimum atomic E-state index is -0.00992. The van der Waals surface area contributed by atoms with Crippen molar-refractivity contribution < 1.29 is 4.79 Å². The number of rotatable bonds is 6. The number of hydrogen-bond acceptors (Lipinski definition) is 3. The number of amides is 1. The van der Waals surface area contributed by atoms with Gasteiger partial charge in [-0.25, -0.2) is 4.68 Å². The molecule has 150 valence electrons. The summed E-state index contributed by atoms with van der Waals surface area (Å²) in [7, 11) is 1.89. The molecule has 0 aliphatic carbocycles. The molecule has 0 bridgehead atoms. The Morgan fingerprint density at radius 3 is 2.52 bits per heavy atom. The summed E-state index contributed by atoms with van der Waals surface area (Å²) >= 11 is 0. The number of aromatic nitrogens is 2. The Labute approximate surface area is 172 Å². The van der Waals surface area contributed by atoms with Gasteiger partial charge in [0.1, 0.15) is 0 Å². The average Bonchev–Trinajstić information content (AvgIpc) is 3.35. The summed E-state index contributed by atoms with van der Waals surface area (Å²) in [5.74, 6) is 0.495. The van der Waals surface area contributed by atoms with Crippen molar-refractivity contribution in [1.29, 1.82) is 0 Å². The molecule has 2 heterocycles. The molecular formula is C24H28N4O. The lowest BCUT2D eigenvalue weighted by Gasteiger charge is -2.21. The molecule has 0 N–H and O–H groups in total. The fraction of sp³-hybridized carbons (Fsp3) is 0.333. The lowest BCUT2D eigenvalue weighted by Crippen LogP contribution is -2.33. The van der Waals surface area contributed by atoms with E-state index in [-0.39, 0.29) is 5.91 Å². The molecule has 3 aromatic rings. The molecule has 1 fully saturated rings. The maximum Gasteiger partial charge on any atom is 0.274 e. The summed E-state index contributed by atoms with van der Waals surface area (Å²) in [6.07, 6.45) is 1.13. The summed E-state index contributed by atoms with van der Waals surface area (Å²) in [5, 5.41) is 4.56. The molecule has 1 unspecified atom stereocenters. The molecule has 0 spiro atoms. The highest BCUT2D eigenvalue weighted by Gasteiger charge is 2.26. The van der Waals surface area contributed by atoms with Gasteiger partial charge in [0.2, 0.25) is 0 Å². The van der Waals surface area contributed by atoms with E-state index in [4.69, 9.17) is 0 Å². The second kappa shape index (κ2) is 8.62. The van der Waals surface area contributed by atoms with Crippen LogP contribution >= 0.6 is 0 Å². The first-order chi connectivity index (χ1) is 14.1. The number of carbonyl (C=O) groups excluding carboxylic acids is 1. The highest BCUT2D eigenvalue weighted by atomic mass is 16.2. The van der Waals surface area contributed by atoms with Gasteiger partial charge in [0.25, 0.3) is 5.91 Å². The lowest BCUT2D eigenvalue weighted by atomic mass is 10.1. The zero-order valence-corrected chi connectivity index (χ0v) is 17.2. The van der Waals surface area contributed by atoms with E-state index in [1.165, 1.54) is 5.56 Å². The van der Waals surface area contributed by atoms with Crippen LogP contribution in [-0.4, -0.2) is 52.2 Å². The quantitative estimate of drug-likeness (QED) is 0.645. The number of hydrogen-bond donors (Lipinski definition) is 0. The Morgan fingerprint density at radius 2 is 1.79 bits per heavy atom. The molecule has 0 saturated carbocycles. The second-order valence-electron chi connectivity index (χ2n) is 7.98. The van der Waals surface area contributed by atoms with Crippen LogP contribution in [-0.2, 0) is 6.54 Å². The van der Waals surface area contributed by atoms with Crippen LogP contribution in [0.5, 0.6) is 0 Å². The third-order valence-corrected chi connectivity index (χ3v) is 5.61. The van der Waals surface area contributed by atoms with Gasteiger partial charge in [-0.1, -0.05) is 48.5 Å². The van der Waals surface area contributed by atoms with Crippen molar-refractivity contribution in [3.63, 3.8) is 0 Å². The summed E-state index contributed by atoms with van der Waals surface area (Å²) in [5.41, 5.74) is 3.79. The topological polar surface area (TPSA) is 41.4 Å². The van der Waals surface area contributed by atoms with Crippen LogP contribution in [0.4, 0.5) is 0 Å². The van der Waals surface area contributed by atoms with E-state index >= 15 is 0 Å². The smallest absolute Gasteiger partial charge is 0.274 e. The van der Waals surface area contributed by atoms with E-state index in [9.17, 15) is 4.79 Å². The predicted molar refractivity (Wildman–Crippen MR) is 115 cm³/mol. The number of nitrogens with zero attached hydrogens (tertiary/aromatic N) is 4. The zero-order chi connectivity index (χ0) is 20.2. The summed E-state index contributed by atoms with van der Waals surface area (Å²) in [4.78, 5) is 17.2. The summed E-state index contributed by atoms with van der Waals surface area (Å²) in [6.45, 7) is 5.85. The number of para-hydroxylation sites is 1. The Hall–Kier alpha value is -2.92.